The van der Waals surface area contributed by atoms with Crippen LogP contribution in [-0.2, 0) is 17.9 Å². The van der Waals surface area contributed by atoms with Crippen LogP contribution in [0.15, 0.2) is 71.9 Å². The van der Waals surface area contributed by atoms with Crippen LogP contribution in [0.5, 0.6) is 11.5 Å². The van der Waals surface area contributed by atoms with E-state index in [1.54, 1.807) is 14.2 Å². The number of fused-ring (bicyclic) bond motifs is 1. The van der Waals surface area contributed by atoms with Gasteiger partial charge < -0.3 is 19.2 Å². The summed E-state index contributed by atoms with van der Waals surface area (Å²) in [6.07, 6.45) is 4.71. The Morgan fingerprint density at radius 1 is 1.08 bits per heavy atom. The van der Waals surface area contributed by atoms with Crippen molar-refractivity contribution in [3.05, 3.63) is 89.4 Å². The Kier molecular flexibility index (Phi) is 7.90. The van der Waals surface area contributed by atoms with Gasteiger partial charge in [0.1, 0.15) is 17.1 Å². The van der Waals surface area contributed by atoms with Crippen LogP contribution in [-0.4, -0.2) is 52.2 Å². The van der Waals surface area contributed by atoms with Gasteiger partial charge in [-0.1, -0.05) is 12.1 Å². The van der Waals surface area contributed by atoms with Gasteiger partial charge in [-0.3, -0.25) is 9.69 Å². The van der Waals surface area contributed by atoms with Crippen LogP contribution >= 0.6 is 11.8 Å². The zero-order valence-corrected chi connectivity index (χ0v) is 23.1. The van der Waals surface area contributed by atoms with Gasteiger partial charge in [0.2, 0.25) is 5.91 Å². The quantitative estimate of drug-likeness (QED) is 0.328. The molecule has 5 rings (SSSR count). The fourth-order valence-electron chi connectivity index (χ4n) is 5.07. The Bertz CT molecular complexity index is 1390. The first-order valence-electron chi connectivity index (χ1n) is 12.8. The van der Waals surface area contributed by atoms with Crippen LogP contribution in [0.3, 0.4) is 0 Å². The maximum atomic E-state index is 13.5. The number of pyridine rings is 1. The van der Waals surface area contributed by atoms with Crippen molar-refractivity contribution in [2.75, 3.05) is 20.8 Å². The molecule has 1 fully saturated rings. The number of carbonyl (C=O) groups excluding carboxylic acids is 1. The lowest BCUT2D eigenvalue weighted by atomic mass is 10.0. The van der Waals surface area contributed by atoms with E-state index in [1.807, 2.05) is 58.9 Å². The van der Waals surface area contributed by atoms with Crippen LogP contribution in [0.4, 0.5) is 0 Å². The molecule has 2 aromatic carbocycles. The largest absolute Gasteiger partial charge is 0.497 e. The van der Waals surface area contributed by atoms with E-state index in [0.717, 1.165) is 41.4 Å². The highest BCUT2D eigenvalue weighted by Gasteiger charge is 2.37. The van der Waals surface area contributed by atoms with Crippen LogP contribution in [0, 0.1) is 13.8 Å². The monoisotopic (exact) mass is 530 g/mol. The number of benzene rings is 2. The lowest BCUT2D eigenvalue weighted by molar-refractivity contribution is -0.125. The zero-order chi connectivity index (χ0) is 26.6. The SMILES string of the molecule is COc1ccc(S[C@@H]2C[C@@H](C(=O)NCc3cn4ccccc4n3)N(Cc3cc(C)c(OC)cc3C)C2)cc1. The number of carbonyl (C=O) groups is 1. The van der Waals surface area contributed by atoms with Crippen LogP contribution in [0.2, 0.25) is 0 Å². The second-order valence-corrected chi connectivity index (χ2v) is 11.1. The van der Waals surface area contributed by atoms with Crippen molar-refractivity contribution >= 4 is 23.3 Å². The number of rotatable bonds is 9. The van der Waals surface area contributed by atoms with Crippen molar-refractivity contribution in [1.82, 2.24) is 19.6 Å². The Labute approximate surface area is 228 Å². The summed E-state index contributed by atoms with van der Waals surface area (Å²) in [4.78, 5) is 21.7. The van der Waals surface area contributed by atoms with E-state index in [9.17, 15) is 4.79 Å². The maximum Gasteiger partial charge on any atom is 0.237 e. The number of hydrogen-bond acceptors (Lipinski definition) is 6. The number of ether oxygens (including phenoxy) is 2. The fourth-order valence-corrected chi connectivity index (χ4v) is 6.29. The predicted molar refractivity (Wildman–Crippen MR) is 151 cm³/mol. The fraction of sp³-hybridized carbons (Fsp3) is 0.333. The Morgan fingerprint density at radius 2 is 1.89 bits per heavy atom. The van der Waals surface area contributed by atoms with E-state index >= 15 is 0 Å². The number of aromatic nitrogens is 2. The Balaban J connectivity index is 1.32. The molecule has 4 aromatic rings. The summed E-state index contributed by atoms with van der Waals surface area (Å²) in [6.45, 7) is 6.11. The molecule has 2 atom stereocenters. The maximum absolute atomic E-state index is 13.5. The van der Waals surface area contributed by atoms with E-state index in [-0.39, 0.29) is 11.9 Å². The molecule has 1 amide bonds. The normalized spacial score (nSPS) is 17.6. The average molecular weight is 531 g/mol. The van der Waals surface area contributed by atoms with Crippen molar-refractivity contribution in [2.45, 2.75) is 49.5 Å². The summed E-state index contributed by atoms with van der Waals surface area (Å²) in [6, 6.07) is 18.1. The molecular formula is C30H34N4O3S. The molecule has 198 valence electrons. The second kappa shape index (κ2) is 11.5. The average Bonchev–Trinajstić information content (AvgIpc) is 3.53. The van der Waals surface area contributed by atoms with E-state index in [2.05, 4.69) is 53.3 Å². The third-order valence-corrected chi connectivity index (χ3v) is 8.33. The highest BCUT2D eigenvalue weighted by molar-refractivity contribution is 8.00. The van der Waals surface area contributed by atoms with Gasteiger partial charge in [0, 0.05) is 35.6 Å². The zero-order valence-electron chi connectivity index (χ0n) is 22.3. The molecule has 7 nitrogen and oxygen atoms in total. The van der Waals surface area contributed by atoms with Gasteiger partial charge >= 0.3 is 0 Å². The highest BCUT2D eigenvalue weighted by atomic mass is 32.2. The van der Waals surface area contributed by atoms with Gasteiger partial charge in [0.15, 0.2) is 0 Å². The van der Waals surface area contributed by atoms with Gasteiger partial charge in [0.25, 0.3) is 0 Å². The molecule has 0 radical (unpaired) electrons. The first kappa shape index (κ1) is 26.1. The minimum absolute atomic E-state index is 0.0442. The summed E-state index contributed by atoms with van der Waals surface area (Å²) in [7, 11) is 3.38. The number of amides is 1. The van der Waals surface area contributed by atoms with E-state index in [1.165, 1.54) is 16.0 Å². The molecule has 1 aliphatic rings. The molecule has 0 bridgehead atoms. The lowest BCUT2D eigenvalue weighted by Crippen LogP contribution is -2.42. The summed E-state index contributed by atoms with van der Waals surface area (Å²) < 4.78 is 12.8. The molecule has 38 heavy (non-hydrogen) atoms. The standard InChI is InChI=1S/C30H34N4O3S/c1-20-14-28(37-4)21(2)13-22(20)17-34-19-26(38-25-10-8-24(36-3)9-11-25)15-27(34)30(35)31-16-23-18-33-12-6-5-7-29(33)32-23/h5-14,18,26-27H,15-17,19H2,1-4H3,(H,31,35)/t26-,27+/m1/s1. The third-order valence-electron chi connectivity index (χ3n) is 7.11. The topological polar surface area (TPSA) is 68.1 Å². The molecule has 2 aromatic heterocycles. The molecule has 1 aliphatic heterocycles. The number of aryl methyl sites for hydroxylation is 2. The number of nitrogens with one attached hydrogen (secondary N) is 1. The smallest absolute Gasteiger partial charge is 0.237 e. The summed E-state index contributed by atoms with van der Waals surface area (Å²) in [5.41, 5.74) is 5.21. The lowest BCUT2D eigenvalue weighted by Gasteiger charge is -2.25. The van der Waals surface area contributed by atoms with Gasteiger partial charge in [-0.15, -0.1) is 11.8 Å². The van der Waals surface area contributed by atoms with E-state index < -0.39 is 0 Å². The number of likely N-dealkylation sites (tertiary alicyclic amines) is 1. The van der Waals surface area contributed by atoms with Crippen LogP contribution in [0.1, 0.15) is 28.8 Å². The second-order valence-electron chi connectivity index (χ2n) is 9.76. The van der Waals surface area contributed by atoms with Crippen molar-refractivity contribution in [1.29, 1.82) is 0 Å². The molecule has 3 heterocycles. The van der Waals surface area contributed by atoms with Gasteiger partial charge in [-0.2, -0.15) is 0 Å². The number of imidazole rings is 1. The van der Waals surface area contributed by atoms with Gasteiger partial charge in [0.05, 0.1) is 32.5 Å². The minimum Gasteiger partial charge on any atom is -0.497 e. The van der Waals surface area contributed by atoms with Crippen molar-refractivity contribution in [3.8, 4) is 11.5 Å². The Morgan fingerprint density at radius 3 is 2.63 bits per heavy atom. The predicted octanol–water partition coefficient (Wildman–Crippen LogP) is 5.02. The number of nitrogens with zero attached hydrogens (tertiary/aromatic N) is 3. The Hall–Kier alpha value is -3.49. The van der Waals surface area contributed by atoms with Crippen molar-refractivity contribution < 1.29 is 14.3 Å². The molecule has 1 saturated heterocycles. The molecule has 0 spiro atoms. The molecule has 0 unspecified atom stereocenters. The third kappa shape index (κ3) is 5.81. The first-order valence-corrected chi connectivity index (χ1v) is 13.7. The first-order chi connectivity index (χ1) is 18.4. The van der Waals surface area contributed by atoms with E-state index in [0.29, 0.717) is 18.3 Å². The molecule has 1 N–H and O–H groups in total. The summed E-state index contributed by atoms with van der Waals surface area (Å²) in [5, 5.41) is 3.46. The molecule has 8 heteroatoms. The molecule has 0 saturated carbocycles. The number of thioether (sulfide) groups is 1. The van der Waals surface area contributed by atoms with Crippen molar-refractivity contribution in [2.24, 2.45) is 0 Å². The number of hydrogen-bond donors (Lipinski definition) is 1. The van der Waals surface area contributed by atoms with Crippen LogP contribution < -0.4 is 14.8 Å². The van der Waals surface area contributed by atoms with Crippen molar-refractivity contribution in [3.63, 3.8) is 0 Å². The summed E-state index contributed by atoms with van der Waals surface area (Å²) in [5.74, 6) is 1.78. The van der Waals surface area contributed by atoms with Gasteiger partial charge in [-0.25, -0.2) is 4.98 Å². The van der Waals surface area contributed by atoms with Gasteiger partial charge in [-0.05, 0) is 79.4 Å². The molecule has 0 aliphatic carbocycles. The summed E-state index contributed by atoms with van der Waals surface area (Å²) >= 11 is 1.82. The highest BCUT2D eigenvalue weighted by Crippen LogP contribution is 2.35. The molecular weight excluding hydrogens is 496 g/mol. The van der Waals surface area contributed by atoms with E-state index in [4.69, 9.17) is 9.47 Å². The van der Waals surface area contributed by atoms with Crippen LogP contribution in [0.25, 0.3) is 5.65 Å². The number of methoxy groups -OCH3 is 2. The minimum atomic E-state index is -0.218.